The van der Waals surface area contributed by atoms with Crippen molar-refractivity contribution >= 4 is 0 Å². The smallest absolute Gasteiger partial charge is 0.131 e. The van der Waals surface area contributed by atoms with Crippen LogP contribution < -0.4 is 4.74 Å². The maximum absolute atomic E-state index is 14.3. The zero-order chi connectivity index (χ0) is 16.8. The summed E-state index contributed by atoms with van der Waals surface area (Å²) >= 11 is 0. The molecular formula is C21H16FNO. The molecule has 0 aliphatic carbocycles. The molecule has 3 heteroatoms. The van der Waals surface area contributed by atoms with E-state index in [1.807, 2.05) is 60.7 Å². The molecule has 0 saturated carbocycles. The summed E-state index contributed by atoms with van der Waals surface area (Å²) in [4.78, 5) is 0. The first-order valence-corrected chi connectivity index (χ1v) is 7.69. The van der Waals surface area contributed by atoms with Crippen LogP contribution >= 0.6 is 0 Å². The summed E-state index contributed by atoms with van der Waals surface area (Å²) in [5.74, 6) is 0.361. The molecule has 0 unspecified atom stereocenters. The Morgan fingerprint density at radius 3 is 2.46 bits per heavy atom. The van der Waals surface area contributed by atoms with Crippen LogP contribution in [0.3, 0.4) is 0 Å². The highest BCUT2D eigenvalue weighted by atomic mass is 19.1. The average molecular weight is 317 g/mol. The van der Waals surface area contributed by atoms with E-state index in [2.05, 4.69) is 0 Å². The molecule has 118 valence electrons. The standard InChI is InChI=1S/C21H16FNO/c22-21-13-16(11-12-23)9-10-20(21)18-7-4-8-19(14-18)24-15-17-5-2-1-3-6-17/h1-10,13-14H,11,15H2. The Labute approximate surface area is 140 Å². The Morgan fingerprint density at radius 1 is 0.875 bits per heavy atom. The molecule has 0 aliphatic heterocycles. The highest BCUT2D eigenvalue weighted by Gasteiger charge is 2.07. The summed E-state index contributed by atoms with van der Waals surface area (Å²) in [5, 5.41) is 8.70. The molecule has 24 heavy (non-hydrogen) atoms. The Morgan fingerprint density at radius 2 is 1.71 bits per heavy atom. The van der Waals surface area contributed by atoms with Crippen molar-refractivity contribution in [3.8, 4) is 22.9 Å². The summed E-state index contributed by atoms with van der Waals surface area (Å²) in [6.45, 7) is 0.466. The number of hydrogen-bond acceptors (Lipinski definition) is 2. The Balaban J connectivity index is 1.79. The van der Waals surface area contributed by atoms with Gasteiger partial charge in [0.25, 0.3) is 0 Å². The molecule has 0 bridgehead atoms. The summed E-state index contributed by atoms with van der Waals surface area (Å²) in [6, 6.07) is 24.2. The van der Waals surface area contributed by atoms with E-state index in [0.29, 0.717) is 23.5 Å². The van der Waals surface area contributed by atoms with E-state index in [1.54, 1.807) is 12.1 Å². The van der Waals surface area contributed by atoms with Gasteiger partial charge in [0.05, 0.1) is 12.5 Å². The predicted molar refractivity (Wildman–Crippen MR) is 91.9 cm³/mol. The number of hydrogen-bond donors (Lipinski definition) is 0. The van der Waals surface area contributed by atoms with Crippen LogP contribution in [0.4, 0.5) is 4.39 Å². The first-order valence-electron chi connectivity index (χ1n) is 7.69. The molecule has 3 aromatic rings. The van der Waals surface area contributed by atoms with Gasteiger partial charge in [-0.1, -0.05) is 54.6 Å². The van der Waals surface area contributed by atoms with Gasteiger partial charge in [-0.2, -0.15) is 5.26 Å². The highest BCUT2D eigenvalue weighted by molar-refractivity contribution is 5.66. The number of benzene rings is 3. The number of nitriles is 1. The Hall–Kier alpha value is -3.12. The average Bonchev–Trinajstić information content (AvgIpc) is 2.62. The molecule has 0 radical (unpaired) electrons. The SMILES string of the molecule is N#CCc1ccc(-c2cccc(OCc3ccccc3)c2)c(F)c1. The van der Waals surface area contributed by atoms with E-state index in [-0.39, 0.29) is 12.2 Å². The van der Waals surface area contributed by atoms with Gasteiger partial charge in [-0.15, -0.1) is 0 Å². The predicted octanol–water partition coefficient (Wildman–Crippen LogP) is 5.14. The second kappa shape index (κ2) is 7.43. The van der Waals surface area contributed by atoms with E-state index in [9.17, 15) is 4.39 Å². The Kier molecular flexibility index (Phi) is 4.88. The Bertz CT molecular complexity index is 869. The van der Waals surface area contributed by atoms with Crippen molar-refractivity contribution < 1.29 is 9.13 Å². The minimum atomic E-state index is -0.331. The highest BCUT2D eigenvalue weighted by Crippen LogP contribution is 2.27. The van der Waals surface area contributed by atoms with Crippen LogP contribution in [-0.2, 0) is 13.0 Å². The first kappa shape index (κ1) is 15.8. The fourth-order valence-electron chi connectivity index (χ4n) is 2.49. The molecule has 0 atom stereocenters. The van der Waals surface area contributed by atoms with Crippen LogP contribution in [0.25, 0.3) is 11.1 Å². The molecule has 0 N–H and O–H groups in total. The zero-order valence-electron chi connectivity index (χ0n) is 13.1. The zero-order valence-corrected chi connectivity index (χ0v) is 13.1. The molecular weight excluding hydrogens is 301 g/mol. The molecule has 0 aliphatic rings. The third-order valence-corrected chi connectivity index (χ3v) is 3.71. The van der Waals surface area contributed by atoms with Crippen LogP contribution in [0.15, 0.2) is 72.8 Å². The van der Waals surface area contributed by atoms with Crippen LogP contribution in [0.1, 0.15) is 11.1 Å². The summed E-state index contributed by atoms with van der Waals surface area (Å²) in [5.41, 5.74) is 3.01. The van der Waals surface area contributed by atoms with Gasteiger partial charge in [-0.25, -0.2) is 4.39 Å². The lowest BCUT2D eigenvalue weighted by atomic mass is 10.0. The van der Waals surface area contributed by atoms with Gasteiger partial charge in [-0.3, -0.25) is 0 Å². The van der Waals surface area contributed by atoms with Crippen molar-refractivity contribution in [2.45, 2.75) is 13.0 Å². The van der Waals surface area contributed by atoms with Gasteiger partial charge in [0.2, 0.25) is 0 Å². The van der Waals surface area contributed by atoms with Gasteiger partial charge < -0.3 is 4.74 Å². The van der Waals surface area contributed by atoms with E-state index >= 15 is 0 Å². The molecule has 2 nitrogen and oxygen atoms in total. The second-order valence-electron chi connectivity index (χ2n) is 5.45. The van der Waals surface area contributed by atoms with Gasteiger partial charge in [0, 0.05) is 5.56 Å². The third kappa shape index (κ3) is 3.80. The van der Waals surface area contributed by atoms with Gasteiger partial charge in [-0.05, 0) is 34.9 Å². The largest absolute Gasteiger partial charge is 0.489 e. The minimum absolute atomic E-state index is 0.206. The molecule has 0 heterocycles. The lowest BCUT2D eigenvalue weighted by molar-refractivity contribution is 0.306. The molecule has 3 rings (SSSR count). The van der Waals surface area contributed by atoms with Crippen molar-refractivity contribution in [3.05, 3.63) is 89.7 Å². The molecule has 0 saturated heterocycles. The number of rotatable bonds is 5. The van der Waals surface area contributed by atoms with Crippen molar-refractivity contribution in [1.29, 1.82) is 5.26 Å². The lowest BCUT2D eigenvalue weighted by Gasteiger charge is -2.09. The molecule has 0 fully saturated rings. The molecule has 0 aromatic heterocycles. The topological polar surface area (TPSA) is 33.0 Å². The van der Waals surface area contributed by atoms with E-state index in [1.165, 1.54) is 6.07 Å². The third-order valence-electron chi connectivity index (χ3n) is 3.71. The lowest BCUT2D eigenvalue weighted by Crippen LogP contribution is -1.95. The van der Waals surface area contributed by atoms with Crippen LogP contribution in [-0.4, -0.2) is 0 Å². The van der Waals surface area contributed by atoms with E-state index in [4.69, 9.17) is 10.00 Å². The van der Waals surface area contributed by atoms with Crippen LogP contribution in [0, 0.1) is 17.1 Å². The van der Waals surface area contributed by atoms with Crippen LogP contribution in [0.2, 0.25) is 0 Å². The van der Waals surface area contributed by atoms with E-state index in [0.717, 1.165) is 11.1 Å². The monoisotopic (exact) mass is 317 g/mol. The molecule has 3 aromatic carbocycles. The normalized spacial score (nSPS) is 10.2. The van der Waals surface area contributed by atoms with Gasteiger partial charge in [0.15, 0.2) is 0 Å². The van der Waals surface area contributed by atoms with Gasteiger partial charge in [0.1, 0.15) is 18.2 Å². The fraction of sp³-hybridized carbons (Fsp3) is 0.0952. The van der Waals surface area contributed by atoms with Gasteiger partial charge >= 0.3 is 0 Å². The maximum Gasteiger partial charge on any atom is 0.131 e. The summed E-state index contributed by atoms with van der Waals surface area (Å²) in [7, 11) is 0. The van der Waals surface area contributed by atoms with Crippen molar-refractivity contribution in [3.63, 3.8) is 0 Å². The summed E-state index contributed by atoms with van der Waals surface area (Å²) in [6.07, 6.45) is 0.206. The molecule has 0 spiro atoms. The van der Waals surface area contributed by atoms with Crippen molar-refractivity contribution in [1.82, 2.24) is 0 Å². The minimum Gasteiger partial charge on any atom is -0.489 e. The van der Waals surface area contributed by atoms with Crippen molar-refractivity contribution in [2.75, 3.05) is 0 Å². The number of ether oxygens (including phenoxy) is 1. The van der Waals surface area contributed by atoms with Crippen molar-refractivity contribution in [2.24, 2.45) is 0 Å². The maximum atomic E-state index is 14.3. The second-order valence-corrected chi connectivity index (χ2v) is 5.45. The van der Waals surface area contributed by atoms with Crippen LogP contribution in [0.5, 0.6) is 5.75 Å². The first-order chi connectivity index (χ1) is 11.8. The summed E-state index contributed by atoms with van der Waals surface area (Å²) < 4.78 is 20.1. The fourth-order valence-corrected chi connectivity index (χ4v) is 2.49. The quantitative estimate of drug-likeness (QED) is 0.653. The number of nitrogens with zero attached hydrogens (tertiary/aromatic N) is 1. The molecule has 0 amide bonds. The van der Waals surface area contributed by atoms with E-state index < -0.39 is 0 Å². The number of halogens is 1.